The van der Waals surface area contributed by atoms with E-state index < -0.39 is 5.82 Å². The van der Waals surface area contributed by atoms with Crippen molar-refractivity contribution in [3.05, 3.63) is 81.8 Å². The van der Waals surface area contributed by atoms with Crippen LogP contribution in [0.4, 0.5) is 10.1 Å². The van der Waals surface area contributed by atoms with E-state index in [4.69, 9.17) is 0 Å². The number of halogens is 3. The molecular weight excluding hydrogens is 549 g/mol. The average molecular weight is 563 g/mol. The fourth-order valence-corrected chi connectivity index (χ4v) is 4.13. The molecule has 31 heavy (non-hydrogen) atoms. The van der Waals surface area contributed by atoms with Gasteiger partial charge < -0.3 is 5.32 Å². The molecule has 6 nitrogen and oxygen atoms in total. The molecule has 2 aromatic carbocycles. The number of hydrogen-bond acceptors (Lipinski definition) is 5. The van der Waals surface area contributed by atoms with Crippen molar-refractivity contribution >= 4 is 55.2 Å². The van der Waals surface area contributed by atoms with Gasteiger partial charge in [0.05, 0.1) is 11.4 Å². The maximum absolute atomic E-state index is 14.0. The van der Waals surface area contributed by atoms with E-state index in [0.717, 1.165) is 15.7 Å². The molecule has 10 heteroatoms. The number of pyridine rings is 1. The SMILES string of the molecule is O=C(CSc1nnc(-c2ccncc2)n1-c1ccc(Br)cc1)Nc1ccc(Br)cc1F. The Morgan fingerprint density at radius 1 is 1.00 bits per heavy atom. The minimum Gasteiger partial charge on any atom is -0.323 e. The number of hydrogen-bond donors (Lipinski definition) is 1. The summed E-state index contributed by atoms with van der Waals surface area (Å²) in [6.07, 6.45) is 3.37. The molecule has 0 saturated heterocycles. The lowest BCUT2D eigenvalue weighted by Gasteiger charge is -2.11. The number of carbonyl (C=O) groups is 1. The highest BCUT2D eigenvalue weighted by molar-refractivity contribution is 9.10. The minimum absolute atomic E-state index is 0.0422. The van der Waals surface area contributed by atoms with Crippen molar-refractivity contribution < 1.29 is 9.18 Å². The molecule has 0 bridgehead atoms. The molecule has 0 saturated carbocycles. The number of nitrogens with zero attached hydrogens (tertiary/aromatic N) is 4. The van der Waals surface area contributed by atoms with Crippen molar-refractivity contribution in [1.29, 1.82) is 0 Å². The molecule has 0 unspecified atom stereocenters. The molecule has 1 N–H and O–H groups in total. The molecule has 0 spiro atoms. The second-order valence-electron chi connectivity index (χ2n) is 6.31. The molecule has 156 valence electrons. The summed E-state index contributed by atoms with van der Waals surface area (Å²) in [5, 5.41) is 11.7. The van der Waals surface area contributed by atoms with Gasteiger partial charge in [-0.3, -0.25) is 14.3 Å². The lowest BCUT2D eigenvalue weighted by molar-refractivity contribution is -0.113. The number of aromatic nitrogens is 4. The first kappa shape index (κ1) is 21.7. The molecule has 2 heterocycles. The summed E-state index contributed by atoms with van der Waals surface area (Å²) in [5.74, 6) is -0.181. The molecule has 4 aromatic rings. The van der Waals surface area contributed by atoms with Crippen LogP contribution in [0.5, 0.6) is 0 Å². The van der Waals surface area contributed by atoms with E-state index >= 15 is 0 Å². The van der Waals surface area contributed by atoms with Crippen LogP contribution in [0.2, 0.25) is 0 Å². The normalized spacial score (nSPS) is 10.8. The Morgan fingerprint density at radius 3 is 2.42 bits per heavy atom. The van der Waals surface area contributed by atoms with E-state index in [1.54, 1.807) is 18.5 Å². The van der Waals surface area contributed by atoms with Crippen LogP contribution in [-0.4, -0.2) is 31.4 Å². The van der Waals surface area contributed by atoms with Crippen molar-refractivity contribution in [3.8, 4) is 17.1 Å². The Morgan fingerprint density at radius 2 is 1.71 bits per heavy atom. The molecule has 0 aliphatic heterocycles. The summed E-state index contributed by atoms with van der Waals surface area (Å²) in [6.45, 7) is 0. The van der Waals surface area contributed by atoms with Crippen LogP contribution in [0, 0.1) is 5.82 Å². The van der Waals surface area contributed by atoms with E-state index in [1.165, 1.54) is 23.9 Å². The van der Waals surface area contributed by atoms with Gasteiger partial charge in [-0.15, -0.1) is 10.2 Å². The van der Waals surface area contributed by atoms with E-state index in [-0.39, 0.29) is 17.3 Å². The van der Waals surface area contributed by atoms with Crippen molar-refractivity contribution in [2.45, 2.75) is 5.16 Å². The van der Waals surface area contributed by atoms with Gasteiger partial charge in [0.25, 0.3) is 0 Å². The molecule has 0 atom stereocenters. The lowest BCUT2D eigenvalue weighted by Crippen LogP contribution is -2.15. The molecule has 4 rings (SSSR count). The highest BCUT2D eigenvalue weighted by Crippen LogP contribution is 2.28. The monoisotopic (exact) mass is 561 g/mol. The summed E-state index contributed by atoms with van der Waals surface area (Å²) in [4.78, 5) is 16.5. The Bertz CT molecular complexity index is 1220. The highest BCUT2D eigenvalue weighted by Gasteiger charge is 2.18. The minimum atomic E-state index is -0.509. The Kier molecular flexibility index (Phi) is 6.79. The van der Waals surface area contributed by atoms with E-state index in [1.807, 2.05) is 41.0 Å². The van der Waals surface area contributed by atoms with Crippen LogP contribution in [0.15, 0.2) is 81.1 Å². The Hall–Kier alpha value is -2.56. The zero-order chi connectivity index (χ0) is 21.8. The van der Waals surface area contributed by atoms with Crippen LogP contribution < -0.4 is 5.32 Å². The fourth-order valence-electron chi connectivity index (χ4n) is 2.78. The molecule has 0 aliphatic rings. The van der Waals surface area contributed by atoms with Crippen LogP contribution in [0.3, 0.4) is 0 Å². The van der Waals surface area contributed by atoms with Gasteiger partial charge in [-0.2, -0.15) is 0 Å². The van der Waals surface area contributed by atoms with Crippen molar-refractivity contribution in [2.24, 2.45) is 0 Å². The van der Waals surface area contributed by atoms with Gasteiger partial charge in [-0.1, -0.05) is 43.6 Å². The number of amides is 1. The number of benzene rings is 2. The van der Waals surface area contributed by atoms with Gasteiger partial charge in [0, 0.05) is 32.6 Å². The predicted molar refractivity (Wildman–Crippen MR) is 126 cm³/mol. The Balaban J connectivity index is 1.58. The average Bonchev–Trinajstić information content (AvgIpc) is 3.19. The zero-order valence-electron chi connectivity index (χ0n) is 15.8. The molecule has 2 aromatic heterocycles. The number of nitrogens with one attached hydrogen (secondary N) is 1. The first-order valence-corrected chi connectivity index (χ1v) is 11.6. The van der Waals surface area contributed by atoms with Crippen LogP contribution in [0.25, 0.3) is 17.1 Å². The van der Waals surface area contributed by atoms with Gasteiger partial charge in [-0.25, -0.2) is 4.39 Å². The standard InChI is InChI=1S/C21H14Br2FN5OS/c22-14-1-4-16(5-2-14)29-20(13-7-9-25-10-8-13)27-28-21(29)31-12-19(30)26-18-6-3-15(23)11-17(18)24/h1-11H,12H2,(H,26,30). The number of carbonyl (C=O) groups excluding carboxylic acids is 1. The summed E-state index contributed by atoms with van der Waals surface area (Å²) in [6, 6.07) is 15.9. The maximum atomic E-state index is 14.0. The molecule has 0 fully saturated rings. The molecule has 0 aliphatic carbocycles. The number of rotatable bonds is 6. The third-order valence-electron chi connectivity index (χ3n) is 4.19. The second-order valence-corrected chi connectivity index (χ2v) is 9.09. The summed E-state index contributed by atoms with van der Waals surface area (Å²) in [7, 11) is 0. The van der Waals surface area contributed by atoms with Gasteiger partial charge in [-0.05, 0) is 54.6 Å². The fraction of sp³-hybridized carbons (Fsp3) is 0.0476. The van der Waals surface area contributed by atoms with E-state index in [2.05, 4.69) is 52.4 Å². The lowest BCUT2D eigenvalue weighted by atomic mass is 10.2. The van der Waals surface area contributed by atoms with Crippen molar-refractivity contribution in [1.82, 2.24) is 19.7 Å². The number of thioether (sulfide) groups is 1. The van der Waals surface area contributed by atoms with E-state index in [9.17, 15) is 9.18 Å². The maximum Gasteiger partial charge on any atom is 0.234 e. The topological polar surface area (TPSA) is 72.7 Å². The number of anilines is 1. The van der Waals surface area contributed by atoms with Gasteiger partial charge in [0.2, 0.25) is 5.91 Å². The first-order valence-electron chi connectivity index (χ1n) is 9.01. The van der Waals surface area contributed by atoms with Crippen molar-refractivity contribution in [3.63, 3.8) is 0 Å². The molecule has 0 radical (unpaired) electrons. The second kappa shape index (κ2) is 9.71. The predicted octanol–water partition coefficient (Wildman–Crippen LogP) is 5.72. The van der Waals surface area contributed by atoms with Gasteiger partial charge in [0.1, 0.15) is 5.82 Å². The zero-order valence-corrected chi connectivity index (χ0v) is 19.8. The van der Waals surface area contributed by atoms with Crippen molar-refractivity contribution in [2.75, 3.05) is 11.1 Å². The first-order chi connectivity index (χ1) is 15.0. The third kappa shape index (κ3) is 5.20. The largest absolute Gasteiger partial charge is 0.323 e. The molecular formula is C21H14Br2FN5OS. The van der Waals surface area contributed by atoms with E-state index in [0.29, 0.717) is 15.5 Å². The van der Waals surface area contributed by atoms with Gasteiger partial charge in [0.15, 0.2) is 11.0 Å². The quantitative estimate of drug-likeness (QED) is 0.304. The van der Waals surface area contributed by atoms with Crippen LogP contribution >= 0.6 is 43.6 Å². The van der Waals surface area contributed by atoms with Crippen LogP contribution in [-0.2, 0) is 4.79 Å². The summed E-state index contributed by atoms with van der Waals surface area (Å²) in [5.41, 5.74) is 1.82. The highest BCUT2D eigenvalue weighted by atomic mass is 79.9. The summed E-state index contributed by atoms with van der Waals surface area (Å²) < 4.78 is 17.4. The summed E-state index contributed by atoms with van der Waals surface area (Å²) >= 11 is 7.86. The smallest absolute Gasteiger partial charge is 0.234 e. The third-order valence-corrected chi connectivity index (χ3v) is 6.15. The van der Waals surface area contributed by atoms with Gasteiger partial charge >= 0.3 is 0 Å². The van der Waals surface area contributed by atoms with Crippen LogP contribution in [0.1, 0.15) is 0 Å². The Labute approximate surface area is 198 Å². The molecule has 1 amide bonds.